The molecule has 0 spiro atoms. The van der Waals surface area contributed by atoms with Crippen LogP contribution in [0.5, 0.6) is 11.6 Å². The lowest BCUT2D eigenvalue weighted by atomic mass is 9.76. The summed E-state index contributed by atoms with van der Waals surface area (Å²) >= 11 is 0. The third-order valence-electron chi connectivity index (χ3n) is 5.21. The number of halogens is 3. The van der Waals surface area contributed by atoms with Crippen LogP contribution >= 0.6 is 0 Å². The number of pyridine rings is 1. The van der Waals surface area contributed by atoms with Gasteiger partial charge < -0.3 is 25.4 Å². The molecule has 0 aliphatic heterocycles. The van der Waals surface area contributed by atoms with E-state index in [1.807, 2.05) is 0 Å². The van der Waals surface area contributed by atoms with E-state index >= 15 is 0 Å². The molecule has 0 amide bonds. The number of hydrogen-bond acceptors (Lipinski definition) is 7. The fraction of sp³-hybridized carbons (Fsp3) is 0.550. The van der Waals surface area contributed by atoms with Gasteiger partial charge in [0.15, 0.2) is 11.4 Å². The number of alkyl halides is 3. The van der Waals surface area contributed by atoms with Crippen LogP contribution in [0, 0.1) is 6.92 Å². The minimum Gasteiger partial charge on any atom is -0.476 e. The Balaban J connectivity index is 2.04. The van der Waals surface area contributed by atoms with Gasteiger partial charge in [0.2, 0.25) is 5.88 Å². The van der Waals surface area contributed by atoms with Crippen molar-refractivity contribution in [2.45, 2.75) is 63.9 Å². The maximum absolute atomic E-state index is 14.0. The van der Waals surface area contributed by atoms with Crippen LogP contribution in [0.15, 0.2) is 12.4 Å². The number of rotatable bonds is 6. The fourth-order valence-electron chi connectivity index (χ4n) is 3.59. The number of nitrogens with zero attached hydrogens (tertiary/aromatic N) is 3. The van der Waals surface area contributed by atoms with Crippen LogP contribution < -0.4 is 10.1 Å². The number of carboxylic acids is 1. The molecular weight excluding hydrogens is 433 g/mol. The molecule has 0 radical (unpaired) electrons. The van der Waals surface area contributed by atoms with Crippen LogP contribution in [-0.2, 0) is 11.7 Å². The Morgan fingerprint density at radius 2 is 1.94 bits per heavy atom. The number of nitrogens with one attached hydrogen (secondary N) is 1. The number of carboxylic acid groups (broad SMARTS) is 1. The highest BCUT2D eigenvalue weighted by molar-refractivity contribution is 5.87. The van der Waals surface area contributed by atoms with Gasteiger partial charge in [0, 0.05) is 11.6 Å². The van der Waals surface area contributed by atoms with E-state index in [-0.39, 0.29) is 35.7 Å². The van der Waals surface area contributed by atoms with Crippen molar-refractivity contribution in [1.29, 1.82) is 0 Å². The minimum absolute atomic E-state index is 0.0732. The van der Waals surface area contributed by atoms with Gasteiger partial charge in [0.1, 0.15) is 5.56 Å². The third kappa shape index (κ3) is 4.51. The zero-order valence-corrected chi connectivity index (χ0v) is 18.0. The number of hydrogen-bond donors (Lipinski definition) is 4. The van der Waals surface area contributed by atoms with Crippen LogP contribution in [0.2, 0.25) is 0 Å². The van der Waals surface area contributed by atoms with Crippen molar-refractivity contribution in [3.63, 3.8) is 0 Å². The van der Waals surface area contributed by atoms with Crippen molar-refractivity contribution in [2.75, 3.05) is 11.9 Å². The number of anilines is 1. The lowest BCUT2D eigenvalue weighted by Crippen LogP contribution is -2.53. The highest BCUT2D eigenvalue weighted by atomic mass is 19.4. The minimum atomic E-state index is -4.83. The van der Waals surface area contributed by atoms with E-state index in [0.29, 0.717) is 0 Å². The SMILES string of the molecule is Cc1c(C(=O)O)nn(C(C)(C)C)c1Oc1cncc(NC2CC(O)(CO)C2)c1C(F)(F)F. The summed E-state index contributed by atoms with van der Waals surface area (Å²) in [7, 11) is 0. The summed E-state index contributed by atoms with van der Waals surface area (Å²) in [5, 5.41) is 35.2. The summed E-state index contributed by atoms with van der Waals surface area (Å²) in [6.07, 6.45) is -2.78. The fourth-order valence-corrected chi connectivity index (χ4v) is 3.59. The number of aromatic nitrogens is 3. The molecule has 32 heavy (non-hydrogen) atoms. The Labute approximate surface area is 181 Å². The van der Waals surface area contributed by atoms with Crippen LogP contribution in [0.1, 0.15) is 55.2 Å². The second kappa shape index (κ2) is 7.93. The molecular formula is C20H25F3N4O5. The van der Waals surface area contributed by atoms with Crippen LogP contribution in [0.3, 0.4) is 0 Å². The van der Waals surface area contributed by atoms with Crippen molar-refractivity contribution in [2.24, 2.45) is 0 Å². The summed E-state index contributed by atoms with van der Waals surface area (Å²) in [5.74, 6) is -2.09. The molecule has 9 nitrogen and oxygen atoms in total. The van der Waals surface area contributed by atoms with Gasteiger partial charge in [-0.15, -0.1) is 0 Å². The zero-order valence-electron chi connectivity index (χ0n) is 18.0. The molecule has 4 N–H and O–H groups in total. The lowest BCUT2D eigenvalue weighted by molar-refractivity contribution is -0.138. The maximum atomic E-state index is 14.0. The van der Waals surface area contributed by atoms with Crippen LogP contribution in [-0.4, -0.2) is 54.3 Å². The van der Waals surface area contributed by atoms with Crippen molar-refractivity contribution in [1.82, 2.24) is 14.8 Å². The molecule has 1 fully saturated rings. The Bertz CT molecular complexity index is 1020. The average Bonchev–Trinajstić information content (AvgIpc) is 2.96. The molecule has 0 saturated heterocycles. The second-order valence-electron chi connectivity index (χ2n) is 8.96. The first-order valence-electron chi connectivity index (χ1n) is 9.82. The first-order valence-corrected chi connectivity index (χ1v) is 9.82. The molecule has 1 aliphatic carbocycles. The van der Waals surface area contributed by atoms with Gasteiger partial charge in [-0.1, -0.05) is 0 Å². The predicted octanol–water partition coefficient (Wildman–Crippen LogP) is 3.15. The molecule has 0 unspecified atom stereocenters. The summed E-state index contributed by atoms with van der Waals surface area (Å²) in [6.45, 7) is 6.04. The van der Waals surface area contributed by atoms with E-state index < -0.39 is 47.2 Å². The van der Waals surface area contributed by atoms with Crippen molar-refractivity contribution in [3.8, 4) is 11.6 Å². The normalized spacial score (nSPS) is 21.2. The molecule has 1 saturated carbocycles. The van der Waals surface area contributed by atoms with Crippen molar-refractivity contribution < 1.29 is 38.0 Å². The van der Waals surface area contributed by atoms with E-state index in [1.54, 1.807) is 20.8 Å². The summed E-state index contributed by atoms with van der Waals surface area (Å²) < 4.78 is 48.9. The van der Waals surface area contributed by atoms with Gasteiger partial charge in [0.25, 0.3) is 0 Å². The highest BCUT2D eigenvalue weighted by Crippen LogP contribution is 2.45. The Kier molecular flexibility index (Phi) is 5.89. The van der Waals surface area contributed by atoms with Gasteiger partial charge in [-0.2, -0.15) is 18.3 Å². The Hall–Kier alpha value is -2.86. The first-order chi connectivity index (χ1) is 14.7. The van der Waals surface area contributed by atoms with Crippen molar-refractivity contribution in [3.05, 3.63) is 29.2 Å². The van der Waals surface area contributed by atoms with Crippen LogP contribution in [0.25, 0.3) is 0 Å². The maximum Gasteiger partial charge on any atom is 0.422 e. The van der Waals surface area contributed by atoms with Gasteiger partial charge in [-0.05, 0) is 40.5 Å². The zero-order chi connectivity index (χ0) is 24.1. The number of aromatic carboxylic acids is 1. The summed E-state index contributed by atoms with van der Waals surface area (Å²) in [4.78, 5) is 15.4. The molecule has 12 heteroatoms. The Morgan fingerprint density at radius 3 is 2.44 bits per heavy atom. The molecule has 176 valence electrons. The van der Waals surface area contributed by atoms with E-state index in [1.165, 1.54) is 11.6 Å². The molecule has 0 atom stereocenters. The largest absolute Gasteiger partial charge is 0.476 e. The average molecular weight is 458 g/mol. The van der Waals surface area contributed by atoms with Gasteiger partial charge in [-0.25, -0.2) is 9.48 Å². The third-order valence-corrected chi connectivity index (χ3v) is 5.21. The molecule has 3 rings (SSSR count). The summed E-state index contributed by atoms with van der Waals surface area (Å²) in [6, 6.07) is -0.495. The van der Waals surface area contributed by atoms with Gasteiger partial charge in [-0.3, -0.25) is 4.98 Å². The molecule has 2 heterocycles. The van der Waals surface area contributed by atoms with E-state index in [4.69, 9.17) is 9.84 Å². The number of aliphatic hydroxyl groups is 2. The highest BCUT2D eigenvalue weighted by Gasteiger charge is 2.44. The monoisotopic (exact) mass is 458 g/mol. The molecule has 2 aromatic rings. The molecule has 1 aliphatic rings. The predicted molar refractivity (Wildman–Crippen MR) is 107 cm³/mol. The topological polar surface area (TPSA) is 130 Å². The second-order valence-corrected chi connectivity index (χ2v) is 8.96. The van der Waals surface area contributed by atoms with Gasteiger partial charge in [0.05, 0.1) is 35.8 Å². The van der Waals surface area contributed by atoms with E-state index in [9.17, 15) is 28.2 Å². The van der Waals surface area contributed by atoms with Crippen LogP contribution in [0.4, 0.5) is 18.9 Å². The molecule has 0 aromatic carbocycles. The quantitative estimate of drug-likeness (QED) is 0.520. The lowest BCUT2D eigenvalue weighted by Gasteiger charge is -2.43. The first kappa shape index (κ1) is 23.8. The Morgan fingerprint density at radius 1 is 1.31 bits per heavy atom. The molecule has 0 bridgehead atoms. The van der Waals surface area contributed by atoms with Gasteiger partial charge >= 0.3 is 12.1 Å². The number of carbonyl (C=O) groups is 1. The van der Waals surface area contributed by atoms with E-state index in [2.05, 4.69) is 15.4 Å². The molecule has 2 aromatic heterocycles. The smallest absolute Gasteiger partial charge is 0.422 e. The standard InChI is InChI=1S/C20H25F3N4O5/c1-10-15(17(29)30)26-27(18(2,3)4)16(10)32-13-8-24-7-12(14(13)20(21,22)23)25-11-5-19(31,6-11)9-28/h7-8,11,25,28,31H,5-6,9H2,1-4H3,(H,29,30). The van der Waals surface area contributed by atoms with Crippen molar-refractivity contribution >= 4 is 11.7 Å². The van der Waals surface area contributed by atoms with E-state index in [0.717, 1.165) is 12.4 Å². The number of ether oxygens (including phenoxy) is 1. The number of aliphatic hydroxyl groups excluding tert-OH is 1. The summed E-state index contributed by atoms with van der Waals surface area (Å²) in [5.41, 5.74) is -3.82.